The van der Waals surface area contributed by atoms with Crippen molar-refractivity contribution in [2.45, 2.75) is 95.0 Å². The number of rotatable bonds is 2. The van der Waals surface area contributed by atoms with Crippen LogP contribution in [0.5, 0.6) is 0 Å². The molecule has 0 spiro atoms. The highest BCUT2D eigenvalue weighted by Crippen LogP contribution is 2.66. The van der Waals surface area contributed by atoms with E-state index in [0.29, 0.717) is 29.8 Å². The van der Waals surface area contributed by atoms with Crippen LogP contribution >= 0.6 is 0 Å². The molecule has 0 amide bonds. The molecule has 4 atom stereocenters. The largest absolute Gasteiger partial charge is 0.367 e. The van der Waals surface area contributed by atoms with Crippen molar-refractivity contribution in [3.8, 4) is 0 Å². The third-order valence-corrected chi connectivity index (χ3v) is 7.29. The second-order valence-electron chi connectivity index (χ2n) is 8.15. The summed E-state index contributed by atoms with van der Waals surface area (Å²) in [4.78, 5) is 0. The summed E-state index contributed by atoms with van der Waals surface area (Å²) < 4.78 is 12.2. The first-order valence-electron chi connectivity index (χ1n) is 9.20. The van der Waals surface area contributed by atoms with E-state index in [9.17, 15) is 0 Å². The molecule has 20 heavy (non-hydrogen) atoms. The molecule has 2 heterocycles. The second-order valence-corrected chi connectivity index (χ2v) is 8.15. The Morgan fingerprint density at radius 1 is 0.650 bits per heavy atom. The monoisotopic (exact) mass is 276 g/mol. The molecule has 5 rings (SSSR count). The zero-order valence-electron chi connectivity index (χ0n) is 12.6. The van der Waals surface area contributed by atoms with E-state index in [1.807, 2.05) is 0 Å². The van der Waals surface area contributed by atoms with E-state index in [1.165, 1.54) is 70.6 Å². The van der Waals surface area contributed by atoms with Gasteiger partial charge in [0.1, 0.15) is 12.2 Å². The van der Waals surface area contributed by atoms with E-state index < -0.39 is 0 Å². The fourth-order valence-electron chi connectivity index (χ4n) is 6.29. The van der Waals surface area contributed by atoms with Crippen molar-refractivity contribution in [3.05, 3.63) is 0 Å². The van der Waals surface area contributed by atoms with Gasteiger partial charge in [-0.25, -0.2) is 0 Å². The maximum atomic E-state index is 6.23. The van der Waals surface area contributed by atoms with Crippen LogP contribution in [0.4, 0.5) is 0 Å². The van der Waals surface area contributed by atoms with E-state index in [1.54, 1.807) is 0 Å². The Balaban J connectivity index is 1.48. The van der Waals surface area contributed by atoms with E-state index >= 15 is 0 Å². The van der Waals surface area contributed by atoms with E-state index in [4.69, 9.17) is 9.47 Å². The average molecular weight is 276 g/mol. The van der Waals surface area contributed by atoms with Gasteiger partial charge in [-0.05, 0) is 43.9 Å². The van der Waals surface area contributed by atoms with Gasteiger partial charge in [0.05, 0.1) is 12.2 Å². The van der Waals surface area contributed by atoms with Gasteiger partial charge < -0.3 is 9.47 Å². The van der Waals surface area contributed by atoms with Crippen LogP contribution in [0.2, 0.25) is 0 Å². The molecule has 2 saturated heterocycles. The SMILES string of the molecule is C1CCC(C2(C3CCCCC3)CC3OC3C3OC32)CC1. The summed E-state index contributed by atoms with van der Waals surface area (Å²) in [6, 6.07) is 0. The minimum absolute atomic E-state index is 0.498. The molecule has 2 aliphatic heterocycles. The summed E-state index contributed by atoms with van der Waals surface area (Å²) in [5, 5.41) is 0. The van der Waals surface area contributed by atoms with Crippen molar-refractivity contribution < 1.29 is 9.47 Å². The van der Waals surface area contributed by atoms with Crippen LogP contribution in [0, 0.1) is 17.3 Å². The van der Waals surface area contributed by atoms with Crippen molar-refractivity contribution in [1.29, 1.82) is 0 Å². The summed E-state index contributed by atoms with van der Waals surface area (Å²) in [6.07, 6.45) is 18.2. The third kappa shape index (κ3) is 1.70. The Hall–Kier alpha value is -0.0800. The molecular weight excluding hydrogens is 248 g/mol. The lowest BCUT2D eigenvalue weighted by Crippen LogP contribution is -2.48. The summed E-state index contributed by atoms with van der Waals surface area (Å²) in [6.45, 7) is 0. The van der Waals surface area contributed by atoms with Crippen LogP contribution in [-0.4, -0.2) is 24.4 Å². The Morgan fingerprint density at radius 2 is 1.25 bits per heavy atom. The fourth-order valence-corrected chi connectivity index (χ4v) is 6.29. The Morgan fingerprint density at radius 3 is 1.85 bits per heavy atom. The molecule has 0 radical (unpaired) electrons. The molecule has 3 aliphatic carbocycles. The highest BCUT2D eigenvalue weighted by atomic mass is 16.7. The van der Waals surface area contributed by atoms with Gasteiger partial charge in [0.2, 0.25) is 0 Å². The highest BCUT2D eigenvalue weighted by molar-refractivity contribution is 5.20. The van der Waals surface area contributed by atoms with Crippen LogP contribution < -0.4 is 0 Å². The van der Waals surface area contributed by atoms with Crippen molar-refractivity contribution in [1.82, 2.24) is 0 Å². The van der Waals surface area contributed by atoms with Crippen LogP contribution in [0.25, 0.3) is 0 Å². The molecule has 0 N–H and O–H groups in total. The number of hydrogen-bond donors (Lipinski definition) is 0. The van der Waals surface area contributed by atoms with Gasteiger partial charge in [-0.15, -0.1) is 0 Å². The van der Waals surface area contributed by atoms with Crippen LogP contribution in [0.15, 0.2) is 0 Å². The van der Waals surface area contributed by atoms with Crippen molar-refractivity contribution in [2.75, 3.05) is 0 Å². The minimum Gasteiger partial charge on any atom is -0.367 e. The van der Waals surface area contributed by atoms with Crippen molar-refractivity contribution in [3.63, 3.8) is 0 Å². The van der Waals surface area contributed by atoms with Crippen LogP contribution in [0.1, 0.15) is 70.6 Å². The molecule has 112 valence electrons. The van der Waals surface area contributed by atoms with Gasteiger partial charge in [0.25, 0.3) is 0 Å². The second kappa shape index (κ2) is 4.46. The first kappa shape index (κ1) is 12.5. The van der Waals surface area contributed by atoms with E-state index in [-0.39, 0.29) is 0 Å². The minimum atomic E-state index is 0.498. The van der Waals surface area contributed by atoms with Gasteiger partial charge in [0, 0.05) is 5.41 Å². The number of fused-ring (bicyclic) bond motifs is 3. The van der Waals surface area contributed by atoms with Crippen LogP contribution in [-0.2, 0) is 9.47 Å². The van der Waals surface area contributed by atoms with Gasteiger partial charge in [-0.2, -0.15) is 0 Å². The molecule has 0 bridgehead atoms. The molecule has 4 unspecified atom stereocenters. The van der Waals surface area contributed by atoms with E-state index in [0.717, 1.165) is 11.8 Å². The Labute approximate surface area is 122 Å². The van der Waals surface area contributed by atoms with Gasteiger partial charge >= 0.3 is 0 Å². The lowest BCUT2D eigenvalue weighted by Gasteiger charge is -2.49. The molecule has 3 saturated carbocycles. The van der Waals surface area contributed by atoms with Crippen molar-refractivity contribution in [2.24, 2.45) is 17.3 Å². The highest BCUT2D eigenvalue weighted by Gasteiger charge is 2.73. The molecule has 0 aromatic carbocycles. The maximum absolute atomic E-state index is 6.23. The molecule has 5 fully saturated rings. The third-order valence-electron chi connectivity index (χ3n) is 7.29. The molecular formula is C18H28O2. The zero-order chi connectivity index (χ0) is 13.2. The molecule has 5 aliphatic rings. The average Bonchev–Trinajstić information content (AvgIpc) is 3.39. The first-order chi connectivity index (χ1) is 9.89. The lowest BCUT2D eigenvalue weighted by atomic mass is 9.53. The molecule has 2 nitrogen and oxygen atoms in total. The maximum Gasteiger partial charge on any atom is 0.113 e. The first-order valence-corrected chi connectivity index (χ1v) is 9.20. The quantitative estimate of drug-likeness (QED) is 0.710. The standard InChI is InChI=1S/C18H28O2/c1-3-7-12(8-4-1)18(13-9-5-2-6-10-13)11-14-15(19-14)16-17(18)20-16/h12-17H,1-11H2. The summed E-state index contributed by atoms with van der Waals surface area (Å²) in [5.41, 5.74) is 0.517. The van der Waals surface area contributed by atoms with Gasteiger partial charge in [0.15, 0.2) is 0 Å². The number of ether oxygens (including phenoxy) is 2. The predicted molar refractivity (Wildman–Crippen MR) is 77.5 cm³/mol. The Bertz CT molecular complexity index is 363. The molecule has 0 aromatic rings. The van der Waals surface area contributed by atoms with Crippen molar-refractivity contribution >= 4 is 0 Å². The summed E-state index contributed by atoms with van der Waals surface area (Å²) in [7, 11) is 0. The molecule has 2 heteroatoms. The summed E-state index contributed by atoms with van der Waals surface area (Å²) in [5.74, 6) is 1.89. The van der Waals surface area contributed by atoms with Gasteiger partial charge in [-0.3, -0.25) is 0 Å². The fraction of sp³-hybridized carbons (Fsp3) is 1.00. The van der Waals surface area contributed by atoms with Crippen LogP contribution in [0.3, 0.4) is 0 Å². The lowest BCUT2D eigenvalue weighted by molar-refractivity contribution is -0.0188. The summed E-state index contributed by atoms with van der Waals surface area (Å²) >= 11 is 0. The zero-order valence-corrected chi connectivity index (χ0v) is 12.6. The predicted octanol–water partition coefficient (Wildman–Crippen LogP) is 4.07. The smallest absolute Gasteiger partial charge is 0.113 e. The van der Waals surface area contributed by atoms with E-state index in [2.05, 4.69) is 0 Å². The topological polar surface area (TPSA) is 25.1 Å². The Kier molecular flexibility index (Phi) is 2.78. The van der Waals surface area contributed by atoms with Gasteiger partial charge in [-0.1, -0.05) is 38.5 Å². The number of hydrogen-bond acceptors (Lipinski definition) is 2. The molecule has 0 aromatic heterocycles. The normalized spacial score (nSPS) is 47.4. The number of epoxide rings is 2.